The van der Waals surface area contributed by atoms with Gasteiger partial charge in [-0.1, -0.05) is 0 Å². The van der Waals surface area contributed by atoms with Crippen LogP contribution in [0.1, 0.15) is 5.56 Å². The molecule has 0 spiro atoms. The van der Waals surface area contributed by atoms with Crippen molar-refractivity contribution in [3.63, 3.8) is 0 Å². The Balaban J connectivity index is 1.37. The van der Waals surface area contributed by atoms with Crippen molar-refractivity contribution in [3.8, 4) is 17.1 Å². The minimum Gasteiger partial charge on any atom is -0.297 e. The molecule has 6 nitrogen and oxygen atoms in total. The van der Waals surface area contributed by atoms with Crippen LogP contribution in [0.2, 0.25) is 0 Å². The van der Waals surface area contributed by atoms with E-state index in [1.165, 1.54) is 29.8 Å². The van der Waals surface area contributed by atoms with Gasteiger partial charge < -0.3 is 0 Å². The second-order valence-corrected chi connectivity index (χ2v) is 8.68. The van der Waals surface area contributed by atoms with Gasteiger partial charge in [0.2, 0.25) is 4.77 Å². The molecule has 0 amide bonds. The minimum atomic E-state index is -0.323. The van der Waals surface area contributed by atoms with Crippen LogP contribution in [-0.4, -0.2) is 55.3 Å². The first-order valence-electron chi connectivity index (χ1n) is 11.1. The predicted octanol–water partition coefficient (Wildman–Crippen LogP) is 4.52. The van der Waals surface area contributed by atoms with Crippen molar-refractivity contribution in [3.05, 3.63) is 95.0 Å². The average Bonchev–Trinajstić information content (AvgIpc) is 3.18. The van der Waals surface area contributed by atoms with Gasteiger partial charge in [0.1, 0.15) is 11.6 Å². The molecule has 3 heterocycles. The summed E-state index contributed by atoms with van der Waals surface area (Å²) in [5.41, 5.74) is 2.70. The molecule has 2 aromatic carbocycles. The standard InChI is InChI=1S/C25H24F2N6S/c26-21-3-1-20(2-4-21)24-29-32(25(34)33(24)23-7-5-22(27)6-8-23)18-31-15-13-30(14-16-31)17-19-9-11-28-12-10-19/h1-12H,13-18H2. The van der Waals surface area contributed by atoms with E-state index in [4.69, 9.17) is 17.3 Å². The second-order valence-electron chi connectivity index (χ2n) is 8.32. The van der Waals surface area contributed by atoms with Gasteiger partial charge in [-0.05, 0) is 78.4 Å². The maximum absolute atomic E-state index is 13.5. The summed E-state index contributed by atoms with van der Waals surface area (Å²) in [5.74, 6) is -0.0525. The molecule has 5 rings (SSSR count). The molecule has 1 fully saturated rings. The highest BCUT2D eigenvalue weighted by Crippen LogP contribution is 2.24. The first-order valence-corrected chi connectivity index (χ1v) is 11.5. The van der Waals surface area contributed by atoms with Gasteiger partial charge in [0.05, 0.1) is 12.4 Å². The van der Waals surface area contributed by atoms with Gasteiger partial charge >= 0.3 is 0 Å². The van der Waals surface area contributed by atoms with Crippen LogP contribution in [0.3, 0.4) is 0 Å². The molecule has 174 valence electrons. The van der Waals surface area contributed by atoms with E-state index in [9.17, 15) is 8.78 Å². The van der Waals surface area contributed by atoms with Gasteiger partial charge in [0.25, 0.3) is 0 Å². The summed E-state index contributed by atoms with van der Waals surface area (Å²) in [7, 11) is 0. The van der Waals surface area contributed by atoms with Gasteiger partial charge in [0.15, 0.2) is 5.82 Å². The molecule has 0 aliphatic carbocycles. The zero-order chi connectivity index (χ0) is 23.5. The molecule has 34 heavy (non-hydrogen) atoms. The van der Waals surface area contributed by atoms with Crippen molar-refractivity contribution < 1.29 is 8.78 Å². The van der Waals surface area contributed by atoms with Crippen LogP contribution in [0.5, 0.6) is 0 Å². The number of hydrogen-bond acceptors (Lipinski definition) is 5. The molecular formula is C25H24F2N6S. The molecule has 0 bridgehead atoms. The highest BCUT2D eigenvalue weighted by molar-refractivity contribution is 7.71. The highest BCUT2D eigenvalue weighted by atomic mass is 32.1. The minimum absolute atomic E-state index is 0.320. The predicted molar refractivity (Wildman–Crippen MR) is 129 cm³/mol. The van der Waals surface area contributed by atoms with Crippen molar-refractivity contribution in [1.82, 2.24) is 29.1 Å². The van der Waals surface area contributed by atoms with E-state index in [-0.39, 0.29) is 11.6 Å². The van der Waals surface area contributed by atoms with Crippen molar-refractivity contribution in [2.24, 2.45) is 0 Å². The smallest absolute Gasteiger partial charge is 0.204 e. The lowest BCUT2D eigenvalue weighted by atomic mass is 10.2. The lowest BCUT2D eigenvalue weighted by molar-refractivity contribution is 0.0981. The fourth-order valence-corrected chi connectivity index (χ4v) is 4.42. The Morgan fingerprint density at radius 1 is 0.765 bits per heavy atom. The van der Waals surface area contributed by atoms with E-state index in [1.807, 2.05) is 29.1 Å². The summed E-state index contributed by atoms with van der Waals surface area (Å²) in [5, 5.41) is 4.79. The number of piperazine rings is 1. The summed E-state index contributed by atoms with van der Waals surface area (Å²) in [4.78, 5) is 8.82. The van der Waals surface area contributed by atoms with Gasteiger partial charge in [-0.15, -0.1) is 5.10 Å². The van der Waals surface area contributed by atoms with E-state index in [0.717, 1.165) is 38.3 Å². The number of aromatic nitrogens is 4. The van der Waals surface area contributed by atoms with E-state index in [1.54, 1.807) is 28.9 Å². The third-order valence-electron chi connectivity index (χ3n) is 5.98. The summed E-state index contributed by atoms with van der Waals surface area (Å²) in [6.45, 7) is 5.12. The van der Waals surface area contributed by atoms with Gasteiger partial charge in [0, 0.05) is 50.7 Å². The van der Waals surface area contributed by atoms with Crippen molar-refractivity contribution >= 4 is 12.2 Å². The van der Waals surface area contributed by atoms with E-state index in [2.05, 4.69) is 14.8 Å². The lowest BCUT2D eigenvalue weighted by Crippen LogP contribution is -2.46. The summed E-state index contributed by atoms with van der Waals surface area (Å²) in [6, 6.07) is 16.4. The molecule has 1 aliphatic heterocycles. The maximum atomic E-state index is 13.5. The summed E-state index contributed by atoms with van der Waals surface area (Å²) < 4.78 is 31.2. The number of halogens is 2. The number of nitrogens with zero attached hydrogens (tertiary/aromatic N) is 6. The van der Waals surface area contributed by atoms with Crippen LogP contribution in [0.25, 0.3) is 17.1 Å². The number of benzene rings is 2. The van der Waals surface area contributed by atoms with E-state index in [0.29, 0.717) is 23.0 Å². The Bertz CT molecular complexity index is 1290. The quantitative estimate of drug-likeness (QED) is 0.381. The van der Waals surface area contributed by atoms with Gasteiger partial charge in [-0.25, -0.2) is 13.5 Å². The number of pyridine rings is 1. The number of hydrogen-bond donors (Lipinski definition) is 0. The number of rotatable bonds is 6. The first kappa shape index (κ1) is 22.5. The Morgan fingerprint density at radius 2 is 1.35 bits per heavy atom. The molecule has 0 unspecified atom stereocenters. The third-order valence-corrected chi connectivity index (χ3v) is 6.37. The fourth-order valence-electron chi connectivity index (χ4n) is 4.13. The van der Waals surface area contributed by atoms with Crippen molar-refractivity contribution in [2.75, 3.05) is 26.2 Å². The summed E-state index contributed by atoms with van der Waals surface area (Å²) >= 11 is 5.78. The topological polar surface area (TPSA) is 42.1 Å². The monoisotopic (exact) mass is 478 g/mol. The zero-order valence-electron chi connectivity index (χ0n) is 18.5. The molecule has 1 saturated heterocycles. The molecule has 0 saturated carbocycles. The van der Waals surface area contributed by atoms with Gasteiger partial charge in [-0.3, -0.25) is 19.4 Å². The zero-order valence-corrected chi connectivity index (χ0v) is 19.3. The van der Waals surface area contributed by atoms with Crippen LogP contribution < -0.4 is 0 Å². The molecule has 9 heteroatoms. The van der Waals surface area contributed by atoms with Crippen LogP contribution in [0.4, 0.5) is 8.78 Å². The maximum Gasteiger partial charge on any atom is 0.204 e. The SMILES string of the molecule is Fc1ccc(-c2nn(CN3CCN(Cc4ccncc4)CC3)c(=S)n2-c2ccc(F)cc2)cc1. The Morgan fingerprint density at radius 3 is 2.00 bits per heavy atom. The van der Waals surface area contributed by atoms with Crippen LogP contribution >= 0.6 is 12.2 Å². The first-order chi connectivity index (χ1) is 16.6. The second kappa shape index (κ2) is 9.92. The normalized spacial score (nSPS) is 15.0. The van der Waals surface area contributed by atoms with E-state index >= 15 is 0 Å². The van der Waals surface area contributed by atoms with Crippen LogP contribution in [-0.2, 0) is 13.2 Å². The fraction of sp³-hybridized carbons (Fsp3) is 0.240. The molecule has 4 aromatic rings. The molecule has 0 N–H and O–H groups in total. The highest BCUT2D eigenvalue weighted by Gasteiger charge is 2.20. The molecule has 0 radical (unpaired) electrons. The average molecular weight is 479 g/mol. The Labute approximate surface area is 201 Å². The Hall–Kier alpha value is -3.27. The molecule has 1 aliphatic rings. The van der Waals surface area contributed by atoms with Crippen molar-refractivity contribution in [1.29, 1.82) is 0 Å². The molecular weight excluding hydrogens is 454 g/mol. The Kier molecular flexibility index (Phi) is 6.57. The van der Waals surface area contributed by atoms with Crippen molar-refractivity contribution in [2.45, 2.75) is 13.2 Å². The largest absolute Gasteiger partial charge is 0.297 e. The van der Waals surface area contributed by atoms with Crippen LogP contribution in [0.15, 0.2) is 73.1 Å². The van der Waals surface area contributed by atoms with Gasteiger partial charge in [-0.2, -0.15) is 0 Å². The van der Waals surface area contributed by atoms with Crippen LogP contribution in [0, 0.1) is 16.4 Å². The molecule has 2 aromatic heterocycles. The molecule has 0 atom stereocenters. The summed E-state index contributed by atoms with van der Waals surface area (Å²) in [6.07, 6.45) is 3.65. The van der Waals surface area contributed by atoms with E-state index < -0.39 is 0 Å². The third kappa shape index (κ3) is 4.96. The lowest BCUT2D eigenvalue weighted by Gasteiger charge is -2.34.